The lowest BCUT2D eigenvalue weighted by atomic mass is 10.1. The van der Waals surface area contributed by atoms with E-state index in [0.717, 1.165) is 12.8 Å². The van der Waals surface area contributed by atoms with Crippen molar-refractivity contribution in [3.8, 4) is 0 Å². The summed E-state index contributed by atoms with van der Waals surface area (Å²) in [6, 6.07) is 10.2. The number of hydrogen-bond acceptors (Lipinski definition) is 3. The fraction of sp³-hybridized carbons (Fsp3) is 0.429. The molecule has 1 saturated heterocycles. The predicted molar refractivity (Wildman–Crippen MR) is 76.8 cm³/mol. The minimum Gasteiger partial charge on any atom is -0.355 e. The van der Waals surface area contributed by atoms with Gasteiger partial charge in [-0.2, -0.15) is 0 Å². The second kappa shape index (κ2) is 7.19. The lowest BCUT2D eigenvalue weighted by Crippen LogP contribution is -2.38. The number of aryl methyl sites for hydroxylation is 1. The maximum absolute atomic E-state index is 11.6. The molecule has 1 aromatic rings. The Kier molecular flexibility index (Phi) is 5.27. The molecule has 2 rings (SSSR count). The topological polar surface area (TPSA) is 49.4 Å². The van der Waals surface area contributed by atoms with E-state index >= 15 is 0 Å². The third kappa shape index (κ3) is 4.59. The van der Waals surface area contributed by atoms with E-state index < -0.39 is 0 Å². The number of amides is 2. The van der Waals surface area contributed by atoms with Gasteiger partial charge in [0.1, 0.15) is 6.54 Å². The summed E-state index contributed by atoms with van der Waals surface area (Å²) in [5.41, 5.74) is 1.28. The molecule has 5 heteroatoms. The number of nitrogens with one attached hydrogen (secondary N) is 1. The smallest absolute Gasteiger partial charge is 0.239 e. The highest BCUT2D eigenvalue weighted by molar-refractivity contribution is 8.00. The van der Waals surface area contributed by atoms with E-state index in [4.69, 9.17) is 0 Å². The fourth-order valence-electron chi connectivity index (χ4n) is 1.93. The lowest BCUT2D eigenvalue weighted by molar-refractivity contribution is -0.132. The molecule has 0 bridgehead atoms. The van der Waals surface area contributed by atoms with Gasteiger partial charge in [-0.15, -0.1) is 11.8 Å². The number of hydrogen-bond donors (Lipinski definition) is 1. The van der Waals surface area contributed by atoms with Crippen molar-refractivity contribution in [2.24, 2.45) is 0 Å². The summed E-state index contributed by atoms with van der Waals surface area (Å²) < 4.78 is 0. The zero-order valence-electron chi connectivity index (χ0n) is 10.8. The molecule has 2 amide bonds. The number of carbonyl (C=O) groups is 2. The van der Waals surface area contributed by atoms with Gasteiger partial charge in [0.05, 0.1) is 11.6 Å². The number of carbonyl (C=O) groups excluding carboxylic acids is 2. The molecule has 0 aromatic heterocycles. The summed E-state index contributed by atoms with van der Waals surface area (Å²) in [6.45, 7) is 0.847. The molecule has 0 atom stereocenters. The van der Waals surface area contributed by atoms with Crippen LogP contribution in [0.4, 0.5) is 0 Å². The van der Waals surface area contributed by atoms with E-state index in [9.17, 15) is 9.59 Å². The third-order valence-electron chi connectivity index (χ3n) is 2.97. The first-order chi connectivity index (χ1) is 9.25. The Bertz CT molecular complexity index is 436. The van der Waals surface area contributed by atoms with Crippen LogP contribution in [0.1, 0.15) is 12.0 Å². The molecule has 1 fully saturated rings. The van der Waals surface area contributed by atoms with Crippen molar-refractivity contribution in [1.82, 2.24) is 10.2 Å². The van der Waals surface area contributed by atoms with Crippen LogP contribution in [0.25, 0.3) is 0 Å². The molecular weight excluding hydrogens is 260 g/mol. The Labute approximate surface area is 117 Å². The van der Waals surface area contributed by atoms with E-state index in [2.05, 4.69) is 17.4 Å². The van der Waals surface area contributed by atoms with Gasteiger partial charge in [0.15, 0.2) is 0 Å². The lowest BCUT2D eigenvalue weighted by Gasteiger charge is -2.14. The maximum Gasteiger partial charge on any atom is 0.239 e. The Morgan fingerprint density at radius 2 is 2.11 bits per heavy atom. The van der Waals surface area contributed by atoms with Crippen LogP contribution in [0.5, 0.6) is 0 Å². The molecule has 4 nitrogen and oxygen atoms in total. The maximum atomic E-state index is 11.6. The fourth-order valence-corrected chi connectivity index (χ4v) is 2.84. The largest absolute Gasteiger partial charge is 0.355 e. The van der Waals surface area contributed by atoms with Crippen LogP contribution in [-0.2, 0) is 16.0 Å². The van der Waals surface area contributed by atoms with Gasteiger partial charge in [0.25, 0.3) is 0 Å². The van der Waals surface area contributed by atoms with Crippen LogP contribution >= 0.6 is 11.8 Å². The van der Waals surface area contributed by atoms with Crippen LogP contribution in [-0.4, -0.2) is 41.4 Å². The van der Waals surface area contributed by atoms with Crippen molar-refractivity contribution in [2.45, 2.75) is 12.8 Å². The molecule has 0 unspecified atom stereocenters. The molecule has 1 N–H and O–H groups in total. The van der Waals surface area contributed by atoms with Gasteiger partial charge in [0, 0.05) is 6.54 Å². The van der Waals surface area contributed by atoms with Gasteiger partial charge in [0.2, 0.25) is 11.8 Å². The Morgan fingerprint density at radius 1 is 1.32 bits per heavy atom. The zero-order valence-corrected chi connectivity index (χ0v) is 11.6. The quantitative estimate of drug-likeness (QED) is 0.797. The highest BCUT2D eigenvalue weighted by Gasteiger charge is 2.22. The summed E-state index contributed by atoms with van der Waals surface area (Å²) in [7, 11) is 0. The number of rotatable bonds is 6. The number of thioether (sulfide) groups is 1. The highest BCUT2D eigenvalue weighted by atomic mass is 32.2. The van der Waals surface area contributed by atoms with Crippen molar-refractivity contribution in [3.63, 3.8) is 0 Å². The Morgan fingerprint density at radius 3 is 2.79 bits per heavy atom. The molecule has 0 aliphatic carbocycles. The third-order valence-corrected chi connectivity index (χ3v) is 3.91. The molecule has 19 heavy (non-hydrogen) atoms. The predicted octanol–water partition coefficient (Wildman–Crippen LogP) is 1.27. The Balaban J connectivity index is 1.60. The molecule has 1 aliphatic heterocycles. The molecule has 0 saturated carbocycles. The van der Waals surface area contributed by atoms with Gasteiger partial charge in [-0.25, -0.2) is 0 Å². The normalized spacial score (nSPS) is 14.7. The zero-order chi connectivity index (χ0) is 13.5. The van der Waals surface area contributed by atoms with Gasteiger partial charge in [-0.1, -0.05) is 30.3 Å². The van der Waals surface area contributed by atoms with Gasteiger partial charge < -0.3 is 10.2 Å². The van der Waals surface area contributed by atoms with Gasteiger partial charge >= 0.3 is 0 Å². The Hall–Kier alpha value is -1.49. The van der Waals surface area contributed by atoms with Gasteiger partial charge in [-0.05, 0) is 18.4 Å². The SMILES string of the molecule is O=C(CN1CSCC1=O)NCCCc1ccccc1. The number of benzene rings is 1. The standard InChI is InChI=1S/C14H18N2O2S/c17-13(9-16-11-19-10-14(16)18)15-8-4-7-12-5-2-1-3-6-12/h1-3,5-6H,4,7-11H2,(H,15,17). The number of nitrogens with zero attached hydrogens (tertiary/aromatic N) is 1. The highest BCUT2D eigenvalue weighted by Crippen LogP contribution is 2.13. The monoisotopic (exact) mass is 278 g/mol. The molecule has 1 aliphatic rings. The first kappa shape index (κ1) is 13.9. The van der Waals surface area contributed by atoms with E-state index in [1.165, 1.54) is 5.56 Å². The van der Waals surface area contributed by atoms with Crippen LogP contribution in [0, 0.1) is 0 Å². The van der Waals surface area contributed by atoms with Crippen molar-refractivity contribution in [3.05, 3.63) is 35.9 Å². The molecular formula is C14H18N2O2S. The molecule has 102 valence electrons. The van der Waals surface area contributed by atoms with Crippen molar-refractivity contribution < 1.29 is 9.59 Å². The summed E-state index contributed by atoms with van der Waals surface area (Å²) >= 11 is 1.55. The summed E-state index contributed by atoms with van der Waals surface area (Å²) in [5, 5.41) is 2.86. The van der Waals surface area contributed by atoms with Crippen LogP contribution < -0.4 is 5.32 Å². The molecule has 0 spiro atoms. The molecule has 1 heterocycles. The second-order valence-electron chi connectivity index (χ2n) is 4.51. The second-order valence-corrected chi connectivity index (χ2v) is 5.46. The van der Waals surface area contributed by atoms with E-state index in [1.54, 1.807) is 16.7 Å². The van der Waals surface area contributed by atoms with E-state index in [1.807, 2.05) is 18.2 Å². The first-order valence-electron chi connectivity index (χ1n) is 6.42. The van der Waals surface area contributed by atoms with Gasteiger partial charge in [-0.3, -0.25) is 9.59 Å². The minimum atomic E-state index is -0.0658. The molecule has 1 aromatic carbocycles. The van der Waals surface area contributed by atoms with Crippen LogP contribution in [0.3, 0.4) is 0 Å². The average Bonchev–Trinajstić information content (AvgIpc) is 2.82. The van der Waals surface area contributed by atoms with Crippen molar-refractivity contribution in [2.75, 3.05) is 24.7 Å². The summed E-state index contributed by atoms with van der Waals surface area (Å²) in [5.74, 6) is 1.13. The van der Waals surface area contributed by atoms with E-state index in [-0.39, 0.29) is 18.4 Å². The summed E-state index contributed by atoms with van der Waals surface area (Å²) in [6.07, 6.45) is 1.87. The minimum absolute atomic E-state index is 0.0597. The van der Waals surface area contributed by atoms with Crippen LogP contribution in [0.2, 0.25) is 0 Å². The molecule has 0 radical (unpaired) electrons. The average molecular weight is 278 g/mol. The van der Waals surface area contributed by atoms with Crippen molar-refractivity contribution >= 4 is 23.6 Å². The van der Waals surface area contributed by atoms with E-state index in [0.29, 0.717) is 18.2 Å². The van der Waals surface area contributed by atoms with Crippen LogP contribution in [0.15, 0.2) is 30.3 Å². The first-order valence-corrected chi connectivity index (χ1v) is 7.57. The summed E-state index contributed by atoms with van der Waals surface area (Å²) in [4.78, 5) is 24.6. The van der Waals surface area contributed by atoms with Crippen molar-refractivity contribution in [1.29, 1.82) is 0 Å².